The van der Waals surface area contributed by atoms with E-state index < -0.39 is 0 Å². The zero-order valence-corrected chi connectivity index (χ0v) is 10.5. The van der Waals surface area contributed by atoms with Crippen molar-refractivity contribution in [3.63, 3.8) is 0 Å². The largest absolute Gasteiger partial charge is 0.339 e. The summed E-state index contributed by atoms with van der Waals surface area (Å²) in [5.41, 5.74) is 0. The van der Waals surface area contributed by atoms with Gasteiger partial charge < -0.3 is 9.80 Å². The second-order valence-corrected chi connectivity index (χ2v) is 3.34. The zero-order chi connectivity index (χ0) is 12.0. The van der Waals surface area contributed by atoms with Gasteiger partial charge >= 0.3 is 0 Å². The molecule has 1 rings (SSSR count). The summed E-state index contributed by atoms with van der Waals surface area (Å²) in [5.74, 6) is 1.20. The highest BCUT2D eigenvalue weighted by molar-refractivity contribution is 5.30. The van der Waals surface area contributed by atoms with Gasteiger partial charge in [-0.1, -0.05) is 0 Å². The van der Waals surface area contributed by atoms with Gasteiger partial charge in [-0.3, -0.25) is 0 Å². The Morgan fingerprint density at radius 3 is 1.06 bits per heavy atom. The molecule has 90 valence electrons. The predicted octanol–water partition coefficient (Wildman–Crippen LogP) is 0.959. The average molecular weight is 224 g/mol. The standard InChI is InChI=1S/C10H20N6/c1-5-15(6-2)9-11-13-10(14-12-9)16(7-3)8-4/h5-8H2,1-4H3. The lowest BCUT2D eigenvalue weighted by Crippen LogP contribution is -2.28. The number of hydrogen-bond donors (Lipinski definition) is 0. The van der Waals surface area contributed by atoms with Crippen molar-refractivity contribution in [3.05, 3.63) is 0 Å². The summed E-state index contributed by atoms with van der Waals surface area (Å²) in [7, 11) is 0. The minimum absolute atomic E-state index is 0.598. The highest BCUT2D eigenvalue weighted by Gasteiger charge is 2.10. The van der Waals surface area contributed by atoms with Crippen molar-refractivity contribution in [2.24, 2.45) is 0 Å². The molecule has 0 saturated heterocycles. The van der Waals surface area contributed by atoms with Gasteiger partial charge in [-0.15, -0.1) is 20.4 Å². The van der Waals surface area contributed by atoms with Crippen LogP contribution in [0, 0.1) is 0 Å². The van der Waals surface area contributed by atoms with Crippen molar-refractivity contribution in [1.29, 1.82) is 0 Å². The maximum absolute atomic E-state index is 4.10. The lowest BCUT2D eigenvalue weighted by Gasteiger charge is -2.19. The van der Waals surface area contributed by atoms with Crippen molar-refractivity contribution in [2.75, 3.05) is 36.0 Å². The van der Waals surface area contributed by atoms with Gasteiger partial charge in [0.05, 0.1) is 0 Å². The van der Waals surface area contributed by atoms with Crippen LogP contribution in [-0.2, 0) is 0 Å². The van der Waals surface area contributed by atoms with E-state index >= 15 is 0 Å². The molecule has 0 bridgehead atoms. The van der Waals surface area contributed by atoms with Crippen LogP contribution in [0.4, 0.5) is 11.9 Å². The van der Waals surface area contributed by atoms with Crippen LogP contribution >= 0.6 is 0 Å². The van der Waals surface area contributed by atoms with Crippen molar-refractivity contribution in [1.82, 2.24) is 20.4 Å². The third-order valence-electron chi connectivity index (χ3n) is 2.55. The maximum atomic E-state index is 4.10. The zero-order valence-electron chi connectivity index (χ0n) is 10.5. The summed E-state index contributed by atoms with van der Waals surface area (Å²) in [6, 6.07) is 0. The monoisotopic (exact) mass is 224 g/mol. The van der Waals surface area contributed by atoms with Gasteiger partial charge in [0.15, 0.2) is 0 Å². The second-order valence-electron chi connectivity index (χ2n) is 3.34. The van der Waals surface area contributed by atoms with Crippen LogP contribution in [-0.4, -0.2) is 46.6 Å². The molecule has 0 saturated carbocycles. The Labute approximate surface area is 96.7 Å². The summed E-state index contributed by atoms with van der Waals surface area (Å²) in [6.07, 6.45) is 0. The smallest absolute Gasteiger partial charge is 0.264 e. The molecule has 16 heavy (non-hydrogen) atoms. The second kappa shape index (κ2) is 6.19. The Morgan fingerprint density at radius 1 is 0.625 bits per heavy atom. The van der Waals surface area contributed by atoms with E-state index in [0.29, 0.717) is 11.9 Å². The molecule has 0 spiro atoms. The molecule has 0 unspecified atom stereocenters. The maximum Gasteiger partial charge on any atom is 0.264 e. The van der Waals surface area contributed by atoms with Crippen LogP contribution in [0.25, 0.3) is 0 Å². The molecule has 0 fully saturated rings. The van der Waals surface area contributed by atoms with Crippen molar-refractivity contribution >= 4 is 11.9 Å². The third kappa shape index (κ3) is 2.77. The quantitative estimate of drug-likeness (QED) is 0.717. The van der Waals surface area contributed by atoms with Crippen molar-refractivity contribution in [2.45, 2.75) is 27.7 Å². The normalized spacial score (nSPS) is 10.2. The molecule has 0 amide bonds. The SMILES string of the molecule is CCN(CC)c1nnc(N(CC)CC)nn1. The molecule has 1 heterocycles. The number of hydrogen-bond acceptors (Lipinski definition) is 6. The number of nitrogens with zero attached hydrogens (tertiary/aromatic N) is 6. The molecule has 0 aromatic carbocycles. The number of aromatic nitrogens is 4. The van der Waals surface area contributed by atoms with E-state index in [1.54, 1.807) is 0 Å². The first-order chi connectivity index (χ1) is 7.76. The van der Waals surface area contributed by atoms with Crippen LogP contribution in [0.5, 0.6) is 0 Å². The molecule has 0 N–H and O–H groups in total. The van der Waals surface area contributed by atoms with Crippen molar-refractivity contribution in [3.8, 4) is 0 Å². The van der Waals surface area contributed by atoms with Gasteiger partial charge in [-0.25, -0.2) is 0 Å². The summed E-state index contributed by atoms with van der Waals surface area (Å²) >= 11 is 0. The van der Waals surface area contributed by atoms with E-state index in [-0.39, 0.29) is 0 Å². The first kappa shape index (κ1) is 12.6. The van der Waals surface area contributed by atoms with Gasteiger partial charge in [-0.2, -0.15) is 0 Å². The molecule has 1 aromatic heterocycles. The predicted molar refractivity (Wildman–Crippen MR) is 64.7 cm³/mol. The van der Waals surface area contributed by atoms with Crippen LogP contribution < -0.4 is 9.80 Å². The van der Waals surface area contributed by atoms with Gasteiger partial charge in [0, 0.05) is 26.2 Å². The van der Waals surface area contributed by atoms with Crippen LogP contribution in [0.1, 0.15) is 27.7 Å². The topological polar surface area (TPSA) is 58.0 Å². The Bertz CT molecular complexity index is 260. The summed E-state index contributed by atoms with van der Waals surface area (Å²) in [4.78, 5) is 4.04. The van der Waals surface area contributed by atoms with Gasteiger partial charge in [-0.05, 0) is 27.7 Å². The highest BCUT2D eigenvalue weighted by Crippen LogP contribution is 2.07. The summed E-state index contributed by atoms with van der Waals surface area (Å²) in [5, 5.41) is 16.4. The summed E-state index contributed by atoms with van der Waals surface area (Å²) in [6.45, 7) is 11.7. The molecule has 1 aromatic rings. The average Bonchev–Trinajstić information content (AvgIpc) is 2.34. The fraction of sp³-hybridized carbons (Fsp3) is 0.800. The minimum atomic E-state index is 0.598. The van der Waals surface area contributed by atoms with Crippen LogP contribution in [0.2, 0.25) is 0 Å². The van der Waals surface area contributed by atoms with Gasteiger partial charge in [0.25, 0.3) is 11.9 Å². The number of anilines is 2. The van der Waals surface area contributed by atoms with E-state index in [9.17, 15) is 0 Å². The first-order valence-electron chi connectivity index (χ1n) is 5.83. The molecule has 0 aliphatic heterocycles. The fourth-order valence-corrected chi connectivity index (χ4v) is 1.48. The van der Waals surface area contributed by atoms with Gasteiger partial charge in [0.2, 0.25) is 0 Å². The number of rotatable bonds is 6. The van der Waals surface area contributed by atoms with E-state index in [1.807, 2.05) is 9.80 Å². The molecule has 0 radical (unpaired) electrons. The van der Waals surface area contributed by atoms with Gasteiger partial charge in [0.1, 0.15) is 0 Å². The molecule has 6 heteroatoms. The first-order valence-corrected chi connectivity index (χ1v) is 5.83. The Balaban J connectivity index is 2.81. The molecule has 0 aliphatic carbocycles. The van der Waals surface area contributed by atoms with Crippen molar-refractivity contribution < 1.29 is 0 Å². The molecule has 0 aliphatic rings. The lowest BCUT2D eigenvalue weighted by molar-refractivity contribution is 0.720. The Morgan fingerprint density at radius 2 is 0.875 bits per heavy atom. The van der Waals surface area contributed by atoms with E-state index in [2.05, 4.69) is 48.1 Å². The minimum Gasteiger partial charge on any atom is -0.339 e. The molecule has 0 atom stereocenters. The molecular formula is C10H20N6. The molecular weight excluding hydrogens is 204 g/mol. The fourth-order valence-electron chi connectivity index (χ4n) is 1.48. The molecule has 6 nitrogen and oxygen atoms in total. The highest BCUT2D eigenvalue weighted by atomic mass is 15.4. The third-order valence-corrected chi connectivity index (χ3v) is 2.55. The Hall–Kier alpha value is -1.46. The van der Waals surface area contributed by atoms with E-state index in [4.69, 9.17) is 0 Å². The van der Waals surface area contributed by atoms with E-state index in [0.717, 1.165) is 26.2 Å². The summed E-state index contributed by atoms with van der Waals surface area (Å²) < 4.78 is 0. The lowest BCUT2D eigenvalue weighted by atomic mass is 10.5. The van der Waals surface area contributed by atoms with Crippen LogP contribution in [0.3, 0.4) is 0 Å². The van der Waals surface area contributed by atoms with E-state index in [1.165, 1.54) is 0 Å². The Kier molecular flexibility index (Phi) is 4.88. The van der Waals surface area contributed by atoms with Crippen LogP contribution in [0.15, 0.2) is 0 Å².